The van der Waals surface area contributed by atoms with Crippen molar-refractivity contribution in [2.75, 3.05) is 13.1 Å². The predicted molar refractivity (Wildman–Crippen MR) is 98.1 cm³/mol. The van der Waals surface area contributed by atoms with Crippen LogP contribution >= 0.6 is 0 Å². The normalized spacial score (nSPS) is 16.6. The molecular formula is C19H27N5O. The first kappa shape index (κ1) is 17.5. The van der Waals surface area contributed by atoms with E-state index in [0.717, 1.165) is 56.0 Å². The Hall–Kier alpha value is -2.37. The molecule has 2 heterocycles. The Kier molecular flexibility index (Phi) is 5.68. The standard InChI is InChI=1S/C19H27N5O/c1-3-14(2)20-19(25)24-11-9-15(10-12-24)13-17-21-18(23-22-17)16-7-5-4-6-8-16/h4-8,14-15H,3,9-13H2,1-2H3,(H,20,25)(H,21,22,23). The number of nitrogens with zero attached hydrogens (tertiary/aromatic N) is 3. The molecule has 6 nitrogen and oxygen atoms in total. The van der Waals surface area contributed by atoms with Gasteiger partial charge in [0.15, 0.2) is 5.82 Å². The van der Waals surface area contributed by atoms with E-state index in [2.05, 4.69) is 27.4 Å². The Morgan fingerprint density at radius 2 is 2.04 bits per heavy atom. The number of amides is 2. The van der Waals surface area contributed by atoms with Crippen LogP contribution in [0.1, 0.15) is 38.9 Å². The van der Waals surface area contributed by atoms with Crippen molar-refractivity contribution in [1.82, 2.24) is 25.4 Å². The highest BCUT2D eigenvalue weighted by Crippen LogP contribution is 2.22. The minimum Gasteiger partial charge on any atom is -0.336 e. The van der Waals surface area contributed by atoms with Crippen LogP contribution in [0.4, 0.5) is 4.79 Å². The second-order valence-electron chi connectivity index (χ2n) is 6.87. The van der Waals surface area contributed by atoms with Gasteiger partial charge in [0, 0.05) is 31.1 Å². The van der Waals surface area contributed by atoms with E-state index < -0.39 is 0 Å². The molecule has 134 valence electrons. The summed E-state index contributed by atoms with van der Waals surface area (Å²) >= 11 is 0. The predicted octanol–water partition coefficient (Wildman–Crippen LogP) is 3.23. The molecule has 1 aromatic heterocycles. The zero-order valence-corrected chi connectivity index (χ0v) is 15.0. The topological polar surface area (TPSA) is 73.9 Å². The van der Waals surface area contributed by atoms with Gasteiger partial charge in [-0.15, -0.1) is 0 Å². The number of urea groups is 1. The lowest BCUT2D eigenvalue weighted by atomic mass is 9.93. The number of benzene rings is 1. The molecule has 3 rings (SSSR count). The van der Waals surface area contributed by atoms with E-state index in [-0.39, 0.29) is 12.1 Å². The summed E-state index contributed by atoms with van der Waals surface area (Å²) in [5.74, 6) is 2.23. The van der Waals surface area contributed by atoms with Gasteiger partial charge in [0.1, 0.15) is 5.82 Å². The molecule has 0 saturated carbocycles. The highest BCUT2D eigenvalue weighted by molar-refractivity contribution is 5.74. The third-order valence-electron chi connectivity index (χ3n) is 4.93. The van der Waals surface area contributed by atoms with Gasteiger partial charge >= 0.3 is 6.03 Å². The number of likely N-dealkylation sites (tertiary alicyclic amines) is 1. The second kappa shape index (κ2) is 8.14. The number of piperidine rings is 1. The van der Waals surface area contributed by atoms with Gasteiger partial charge in [-0.2, -0.15) is 5.10 Å². The van der Waals surface area contributed by atoms with E-state index in [1.54, 1.807) is 0 Å². The maximum absolute atomic E-state index is 12.2. The van der Waals surface area contributed by atoms with Gasteiger partial charge in [-0.05, 0) is 32.1 Å². The molecule has 1 aromatic carbocycles. The average molecular weight is 341 g/mol. The molecule has 0 radical (unpaired) electrons. The lowest BCUT2D eigenvalue weighted by Crippen LogP contribution is -2.47. The van der Waals surface area contributed by atoms with Crippen molar-refractivity contribution >= 4 is 6.03 Å². The van der Waals surface area contributed by atoms with E-state index in [4.69, 9.17) is 0 Å². The Balaban J connectivity index is 1.50. The van der Waals surface area contributed by atoms with Crippen molar-refractivity contribution in [2.24, 2.45) is 5.92 Å². The zero-order valence-electron chi connectivity index (χ0n) is 15.0. The summed E-state index contributed by atoms with van der Waals surface area (Å²) in [6, 6.07) is 10.3. The first-order chi connectivity index (χ1) is 12.2. The smallest absolute Gasteiger partial charge is 0.317 e. The van der Waals surface area contributed by atoms with E-state index in [9.17, 15) is 4.79 Å². The van der Waals surface area contributed by atoms with Crippen LogP contribution in [-0.2, 0) is 6.42 Å². The Labute approximate surface area is 149 Å². The SMILES string of the molecule is CCC(C)NC(=O)N1CCC(Cc2nc(-c3ccccc3)n[nH]2)CC1. The number of H-pyrrole nitrogens is 1. The summed E-state index contributed by atoms with van der Waals surface area (Å²) in [6.07, 6.45) is 3.86. The first-order valence-electron chi connectivity index (χ1n) is 9.17. The van der Waals surface area contributed by atoms with Gasteiger partial charge in [0.05, 0.1) is 0 Å². The van der Waals surface area contributed by atoms with Crippen molar-refractivity contribution in [3.63, 3.8) is 0 Å². The lowest BCUT2D eigenvalue weighted by molar-refractivity contribution is 0.167. The fourth-order valence-corrected chi connectivity index (χ4v) is 3.12. The van der Waals surface area contributed by atoms with Gasteiger partial charge in [-0.25, -0.2) is 9.78 Å². The third-order valence-corrected chi connectivity index (χ3v) is 4.93. The van der Waals surface area contributed by atoms with E-state index in [1.165, 1.54) is 0 Å². The molecule has 2 aromatic rings. The van der Waals surface area contributed by atoms with E-state index >= 15 is 0 Å². The molecule has 1 saturated heterocycles. The van der Waals surface area contributed by atoms with E-state index in [0.29, 0.717) is 5.92 Å². The fourth-order valence-electron chi connectivity index (χ4n) is 3.12. The third kappa shape index (κ3) is 4.59. The Morgan fingerprint density at radius 3 is 2.72 bits per heavy atom. The maximum Gasteiger partial charge on any atom is 0.317 e. The van der Waals surface area contributed by atoms with Crippen molar-refractivity contribution in [1.29, 1.82) is 0 Å². The molecular weight excluding hydrogens is 314 g/mol. The zero-order chi connectivity index (χ0) is 17.6. The quantitative estimate of drug-likeness (QED) is 0.877. The van der Waals surface area contributed by atoms with Crippen molar-refractivity contribution in [3.8, 4) is 11.4 Å². The number of aromatic nitrogens is 3. The van der Waals surface area contributed by atoms with Crippen LogP contribution in [0.2, 0.25) is 0 Å². The van der Waals surface area contributed by atoms with Gasteiger partial charge in [0.25, 0.3) is 0 Å². The van der Waals surface area contributed by atoms with E-state index in [1.807, 2.05) is 42.2 Å². The molecule has 1 fully saturated rings. The van der Waals surface area contributed by atoms with Crippen LogP contribution in [0.3, 0.4) is 0 Å². The second-order valence-corrected chi connectivity index (χ2v) is 6.87. The number of rotatable bonds is 5. The summed E-state index contributed by atoms with van der Waals surface area (Å²) in [7, 11) is 0. The number of hydrogen-bond acceptors (Lipinski definition) is 3. The molecule has 1 aliphatic rings. The summed E-state index contributed by atoms with van der Waals surface area (Å²) in [5.41, 5.74) is 1.03. The van der Waals surface area contributed by atoms with Gasteiger partial charge in [-0.1, -0.05) is 37.3 Å². The molecule has 1 unspecified atom stereocenters. The van der Waals surface area contributed by atoms with Gasteiger partial charge in [-0.3, -0.25) is 5.10 Å². The summed E-state index contributed by atoms with van der Waals surface area (Å²) in [4.78, 5) is 18.7. The summed E-state index contributed by atoms with van der Waals surface area (Å²) in [6.45, 7) is 5.75. The molecule has 1 aliphatic heterocycles. The largest absolute Gasteiger partial charge is 0.336 e. The van der Waals surface area contributed by atoms with Crippen LogP contribution < -0.4 is 5.32 Å². The monoisotopic (exact) mass is 341 g/mol. The van der Waals surface area contributed by atoms with Crippen molar-refractivity contribution < 1.29 is 4.79 Å². The number of aromatic amines is 1. The fraction of sp³-hybridized carbons (Fsp3) is 0.526. The molecule has 2 N–H and O–H groups in total. The van der Waals surface area contributed by atoms with Crippen LogP contribution in [0.5, 0.6) is 0 Å². The average Bonchev–Trinajstić information content (AvgIpc) is 3.11. The Morgan fingerprint density at radius 1 is 1.32 bits per heavy atom. The number of carbonyl (C=O) groups excluding carboxylic acids is 1. The first-order valence-corrected chi connectivity index (χ1v) is 9.17. The maximum atomic E-state index is 12.2. The van der Waals surface area contributed by atoms with Crippen molar-refractivity contribution in [2.45, 2.75) is 45.6 Å². The number of hydrogen-bond donors (Lipinski definition) is 2. The highest BCUT2D eigenvalue weighted by atomic mass is 16.2. The molecule has 1 atom stereocenters. The summed E-state index contributed by atoms with van der Waals surface area (Å²) < 4.78 is 0. The molecule has 25 heavy (non-hydrogen) atoms. The lowest BCUT2D eigenvalue weighted by Gasteiger charge is -2.32. The van der Waals surface area contributed by atoms with Crippen LogP contribution in [0, 0.1) is 5.92 Å². The summed E-state index contributed by atoms with van der Waals surface area (Å²) in [5, 5.41) is 10.4. The minimum absolute atomic E-state index is 0.0684. The molecule has 0 aliphatic carbocycles. The molecule has 6 heteroatoms. The molecule has 0 spiro atoms. The number of nitrogens with one attached hydrogen (secondary N) is 2. The Bertz CT molecular complexity index is 676. The molecule has 2 amide bonds. The number of carbonyl (C=O) groups is 1. The van der Waals surface area contributed by atoms with Gasteiger partial charge in [0.2, 0.25) is 0 Å². The highest BCUT2D eigenvalue weighted by Gasteiger charge is 2.24. The van der Waals surface area contributed by atoms with Gasteiger partial charge < -0.3 is 10.2 Å². The van der Waals surface area contributed by atoms with Crippen LogP contribution in [-0.4, -0.2) is 45.2 Å². The van der Waals surface area contributed by atoms with Crippen LogP contribution in [0.15, 0.2) is 30.3 Å². The molecule has 0 bridgehead atoms. The van der Waals surface area contributed by atoms with Crippen molar-refractivity contribution in [3.05, 3.63) is 36.2 Å². The van der Waals surface area contributed by atoms with Crippen LogP contribution in [0.25, 0.3) is 11.4 Å². The minimum atomic E-state index is 0.0684.